The molecule has 1 nitrogen and oxygen atoms in total. The lowest BCUT2D eigenvalue weighted by molar-refractivity contribution is 0.768. The third-order valence-corrected chi connectivity index (χ3v) is 6.58. The van der Waals surface area contributed by atoms with Gasteiger partial charge in [-0.25, -0.2) is 0 Å². The van der Waals surface area contributed by atoms with Gasteiger partial charge in [0.2, 0.25) is 0 Å². The lowest BCUT2D eigenvalue weighted by Gasteiger charge is -2.34. The fourth-order valence-electron chi connectivity index (χ4n) is 5.25. The Kier molecular flexibility index (Phi) is 5.03. The van der Waals surface area contributed by atoms with E-state index in [1.165, 1.54) is 33.4 Å². The van der Waals surface area contributed by atoms with E-state index in [1.807, 2.05) is 20.0 Å². The summed E-state index contributed by atoms with van der Waals surface area (Å²) >= 11 is 0. The Morgan fingerprint density at radius 1 is 0.750 bits per heavy atom. The molecule has 0 amide bonds. The van der Waals surface area contributed by atoms with E-state index < -0.39 is 0 Å². The summed E-state index contributed by atoms with van der Waals surface area (Å²) < 4.78 is 0. The molecule has 0 aromatic heterocycles. The Morgan fingerprint density at radius 3 is 1.94 bits per heavy atom. The Balaban J connectivity index is 1.95. The van der Waals surface area contributed by atoms with E-state index >= 15 is 0 Å². The molecule has 0 radical (unpaired) electrons. The van der Waals surface area contributed by atoms with Crippen LogP contribution in [0, 0.1) is 0 Å². The lowest BCUT2D eigenvalue weighted by atomic mass is 9.67. The first kappa shape index (κ1) is 20.1. The van der Waals surface area contributed by atoms with Gasteiger partial charge in [-0.05, 0) is 58.0 Å². The normalized spacial score (nSPS) is 13.6. The highest BCUT2D eigenvalue weighted by Crippen LogP contribution is 2.57. The molecule has 0 bridgehead atoms. The van der Waals surface area contributed by atoms with Crippen LogP contribution in [0.25, 0.3) is 16.7 Å². The molecule has 1 aliphatic carbocycles. The minimum absolute atomic E-state index is 0.383. The zero-order chi connectivity index (χ0) is 22.1. The number of rotatable bonds is 5. The highest BCUT2D eigenvalue weighted by atomic mass is 14.8. The van der Waals surface area contributed by atoms with Crippen molar-refractivity contribution in [2.24, 2.45) is 0 Å². The van der Waals surface area contributed by atoms with E-state index in [4.69, 9.17) is 0 Å². The van der Waals surface area contributed by atoms with Gasteiger partial charge in [0.25, 0.3) is 0 Å². The molecule has 0 saturated heterocycles. The van der Waals surface area contributed by atoms with Crippen molar-refractivity contribution in [3.63, 3.8) is 0 Å². The zero-order valence-corrected chi connectivity index (χ0v) is 18.6. The van der Waals surface area contributed by atoms with Gasteiger partial charge in [-0.3, -0.25) is 0 Å². The van der Waals surface area contributed by atoms with E-state index in [0.29, 0.717) is 0 Å². The van der Waals surface area contributed by atoms with Gasteiger partial charge >= 0.3 is 0 Å². The Hall–Kier alpha value is -3.84. The van der Waals surface area contributed by atoms with Gasteiger partial charge < -0.3 is 5.32 Å². The van der Waals surface area contributed by atoms with Crippen molar-refractivity contribution in [3.05, 3.63) is 144 Å². The molecule has 0 fully saturated rings. The first-order valence-corrected chi connectivity index (χ1v) is 11.1. The number of hydrogen-bond acceptors (Lipinski definition) is 1. The van der Waals surface area contributed by atoms with Crippen molar-refractivity contribution in [1.82, 2.24) is 0 Å². The largest absolute Gasteiger partial charge is 0.388 e. The van der Waals surface area contributed by atoms with Gasteiger partial charge in [0.15, 0.2) is 0 Å². The average molecular weight is 414 g/mol. The Morgan fingerprint density at radius 2 is 1.34 bits per heavy atom. The van der Waals surface area contributed by atoms with E-state index in [2.05, 4.69) is 115 Å². The summed E-state index contributed by atoms with van der Waals surface area (Å²) in [6.07, 6.45) is 4.13. The van der Waals surface area contributed by atoms with Crippen LogP contribution in [0.5, 0.6) is 0 Å². The molecule has 1 heteroatoms. The second kappa shape index (κ2) is 8.01. The highest BCUT2D eigenvalue weighted by Gasteiger charge is 2.46. The predicted octanol–water partition coefficient (Wildman–Crippen LogP) is 7.68. The van der Waals surface area contributed by atoms with Crippen molar-refractivity contribution in [2.45, 2.75) is 12.3 Å². The van der Waals surface area contributed by atoms with Crippen LogP contribution >= 0.6 is 0 Å². The molecule has 0 aliphatic heterocycles. The Bertz CT molecular complexity index is 1270. The third kappa shape index (κ3) is 2.85. The topological polar surface area (TPSA) is 12.0 Å². The number of hydrogen-bond donors (Lipinski definition) is 1. The van der Waals surface area contributed by atoms with Gasteiger partial charge in [0, 0.05) is 18.3 Å². The summed E-state index contributed by atoms with van der Waals surface area (Å²) in [5.74, 6) is 0. The summed E-state index contributed by atoms with van der Waals surface area (Å²) in [5, 5.41) is 3.41. The molecule has 4 aromatic rings. The maximum Gasteiger partial charge on any atom is 0.0713 e. The van der Waals surface area contributed by atoms with Crippen LogP contribution in [0.1, 0.15) is 34.7 Å². The summed E-state index contributed by atoms with van der Waals surface area (Å²) in [5.41, 5.74) is 10.6. The van der Waals surface area contributed by atoms with Gasteiger partial charge in [-0.2, -0.15) is 0 Å². The quantitative estimate of drug-likeness (QED) is 0.291. The van der Waals surface area contributed by atoms with Crippen LogP contribution in [0.3, 0.4) is 0 Å². The molecule has 0 unspecified atom stereocenters. The Labute approximate surface area is 190 Å². The summed E-state index contributed by atoms with van der Waals surface area (Å²) in [4.78, 5) is 0. The predicted molar refractivity (Wildman–Crippen MR) is 137 cm³/mol. The molecule has 156 valence electrons. The van der Waals surface area contributed by atoms with Crippen molar-refractivity contribution in [1.29, 1.82) is 0 Å². The van der Waals surface area contributed by atoms with Crippen molar-refractivity contribution >= 4 is 11.3 Å². The molecule has 32 heavy (non-hydrogen) atoms. The molecule has 0 saturated carbocycles. The third-order valence-electron chi connectivity index (χ3n) is 6.58. The van der Waals surface area contributed by atoms with Crippen LogP contribution in [-0.2, 0) is 5.41 Å². The van der Waals surface area contributed by atoms with Gasteiger partial charge in [0.05, 0.1) is 5.41 Å². The summed E-state index contributed by atoms with van der Waals surface area (Å²) in [6, 6.07) is 35.2. The van der Waals surface area contributed by atoms with E-state index in [-0.39, 0.29) is 5.41 Å². The first-order chi connectivity index (χ1) is 15.7. The van der Waals surface area contributed by atoms with Crippen LogP contribution in [0.4, 0.5) is 5.69 Å². The van der Waals surface area contributed by atoms with Crippen LogP contribution < -0.4 is 5.32 Å². The molecule has 0 spiro atoms. The van der Waals surface area contributed by atoms with E-state index in [0.717, 1.165) is 16.8 Å². The fourth-order valence-corrected chi connectivity index (χ4v) is 5.25. The number of benzene rings is 4. The maximum absolute atomic E-state index is 4.36. The van der Waals surface area contributed by atoms with E-state index in [1.54, 1.807) is 0 Å². The molecule has 1 N–H and O–H groups in total. The maximum atomic E-state index is 4.36. The van der Waals surface area contributed by atoms with E-state index in [9.17, 15) is 0 Å². The van der Waals surface area contributed by atoms with Crippen molar-refractivity contribution < 1.29 is 0 Å². The molecule has 4 aromatic carbocycles. The summed E-state index contributed by atoms with van der Waals surface area (Å²) in [6.45, 7) is 6.40. The smallest absolute Gasteiger partial charge is 0.0713 e. The lowest BCUT2D eigenvalue weighted by Crippen LogP contribution is -2.28. The highest BCUT2D eigenvalue weighted by molar-refractivity contribution is 5.92. The van der Waals surface area contributed by atoms with Crippen LogP contribution in [0.15, 0.2) is 116 Å². The average Bonchev–Trinajstić information content (AvgIpc) is 3.15. The molecule has 0 atom stereocenters. The first-order valence-electron chi connectivity index (χ1n) is 11.1. The minimum atomic E-state index is -0.383. The monoisotopic (exact) mass is 413 g/mol. The molecular formula is C31H27N. The standard InChI is InChI=1S/C31H27N/c1-4-13-22(2)26-20-29-27(21-30(26)32-3)25-18-11-12-19-28(25)31(29,23-14-7-5-8-15-23)24-16-9-6-10-17-24/h4-21,32H,2H2,1,3H3/b13-4-. The molecule has 1 aliphatic rings. The minimum Gasteiger partial charge on any atom is -0.388 e. The fraction of sp³-hybridized carbons (Fsp3) is 0.0968. The number of allylic oxidation sites excluding steroid dienone is 3. The van der Waals surface area contributed by atoms with Crippen molar-refractivity contribution in [3.8, 4) is 11.1 Å². The second-order valence-corrected chi connectivity index (χ2v) is 8.25. The summed E-state index contributed by atoms with van der Waals surface area (Å²) in [7, 11) is 1.98. The molecular weight excluding hydrogens is 386 g/mol. The molecule has 5 rings (SSSR count). The number of fused-ring (bicyclic) bond motifs is 3. The number of anilines is 1. The SMILES string of the molecule is C=C(/C=C\C)c1cc2c(cc1NC)-c1ccccc1C2(c1ccccc1)c1ccccc1. The molecule has 0 heterocycles. The van der Waals surface area contributed by atoms with Gasteiger partial charge in [0.1, 0.15) is 0 Å². The van der Waals surface area contributed by atoms with Crippen LogP contribution in [0.2, 0.25) is 0 Å². The van der Waals surface area contributed by atoms with Gasteiger partial charge in [-0.1, -0.05) is 104 Å². The van der Waals surface area contributed by atoms with Crippen molar-refractivity contribution in [2.75, 3.05) is 12.4 Å². The zero-order valence-electron chi connectivity index (χ0n) is 18.6. The van der Waals surface area contributed by atoms with Crippen LogP contribution in [-0.4, -0.2) is 7.05 Å². The van der Waals surface area contributed by atoms with Gasteiger partial charge in [-0.15, -0.1) is 0 Å². The number of nitrogens with one attached hydrogen (secondary N) is 1. The second-order valence-electron chi connectivity index (χ2n) is 8.25.